The van der Waals surface area contributed by atoms with Crippen LogP contribution in [-0.2, 0) is 6.54 Å². The van der Waals surface area contributed by atoms with Crippen LogP contribution in [0.3, 0.4) is 0 Å². The first-order valence-electron chi connectivity index (χ1n) is 14.1. The second kappa shape index (κ2) is 16.6. The van der Waals surface area contributed by atoms with Crippen LogP contribution < -0.4 is 19.5 Å². The molecule has 1 heterocycles. The highest BCUT2D eigenvalue weighted by Gasteiger charge is 2.18. The molecule has 0 aliphatic heterocycles. The van der Waals surface area contributed by atoms with Crippen LogP contribution >= 0.6 is 0 Å². The van der Waals surface area contributed by atoms with Crippen LogP contribution in [-0.4, -0.2) is 49.2 Å². The highest BCUT2D eigenvalue weighted by Crippen LogP contribution is 2.35. The van der Waals surface area contributed by atoms with Gasteiger partial charge in [0.05, 0.1) is 21.3 Å². The van der Waals surface area contributed by atoms with Gasteiger partial charge in [-0.05, 0) is 49.7 Å². The van der Waals surface area contributed by atoms with Crippen molar-refractivity contribution in [1.29, 1.82) is 0 Å². The lowest BCUT2D eigenvalue weighted by Crippen LogP contribution is -2.27. The average molecular weight is 573 g/mol. The predicted molar refractivity (Wildman–Crippen MR) is 171 cm³/mol. The fourth-order valence-corrected chi connectivity index (χ4v) is 4.21. The van der Waals surface area contributed by atoms with Crippen molar-refractivity contribution in [2.75, 3.05) is 33.7 Å². The number of anilines is 2. The molecule has 4 aromatic rings. The lowest BCUT2D eigenvalue weighted by molar-refractivity contribution is 0.0783. The summed E-state index contributed by atoms with van der Waals surface area (Å²) in [6, 6.07) is 19.2. The van der Waals surface area contributed by atoms with Crippen LogP contribution in [0.5, 0.6) is 17.2 Å². The predicted octanol–water partition coefficient (Wildman–Crippen LogP) is 7.85. The molecule has 42 heavy (non-hydrogen) atoms. The van der Waals surface area contributed by atoms with Crippen molar-refractivity contribution >= 4 is 17.4 Å². The molecule has 0 spiro atoms. The number of hydrogen-bond donors (Lipinski definition) is 1. The van der Waals surface area contributed by atoms with Gasteiger partial charge in [-0.3, -0.25) is 4.79 Å². The number of nitrogens with one attached hydrogen (secondary N) is 1. The van der Waals surface area contributed by atoms with E-state index in [1.165, 1.54) is 11.9 Å². The van der Waals surface area contributed by atoms with Gasteiger partial charge in [0.1, 0.15) is 23.5 Å². The lowest BCUT2D eigenvalue weighted by Gasteiger charge is -2.21. The Morgan fingerprint density at radius 1 is 0.833 bits per heavy atom. The molecule has 0 aliphatic rings. The van der Waals surface area contributed by atoms with Crippen molar-refractivity contribution in [2.24, 2.45) is 0 Å². The van der Waals surface area contributed by atoms with E-state index in [9.17, 15) is 4.79 Å². The Kier molecular flexibility index (Phi) is 13.3. The van der Waals surface area contributed by atoms with Crippen LogP contribution in [0.25, 0.3) is 11.3 Å². The molecule has 1 aromatic heterocycles. The molecule has 0 radical (unpaired) electrons. The number of amides is 1. The number of carbonyl (C=O) groups is 1. The molecule has 0 saturated carbocycles. The van der Waals surface area contributed by atoms with Gasteiger partial charge in [-0.1, -0.05) is 57.5 Å². The first kappa shape index (κ1) is 33.6. The zero-order valence-corrected chi connectivity index (χ0v) is 26.5. The Balaban J connectivity index is 0.00000148. The zero-order chi connectivity index (χ0) is 31.2. The van der Waals surface area contributed by atoms with E-state index in [0.717, 1.165) is 22.4 Å². The number of rotatable bonds is 9. The second-order valence-electron chi connectivity index (χ2n) is 8.96. The third-order valence-corrected chi connectivity index (χ3v) is 6.30. The molecule has 224 valence electrons. The highest BCUT2D eigenvalue weighted by molar-refractivity contribution is 5.96. The SMILES string of the molecule is CC.CC.COc1ccc(CN(C)C(=O)c2ccc(Nc3ncnc(-c4ccc(C)cc4)c3OC)cc2C)c(OC)c1. The van der Waals surface area contributed by atoms with Gasteiger partial charge in [0.2, 0.25) is 0 Å². The molecule has 1 amide bonds. The van der Waals surface area contributed by atoms with E-state index in [1.807, 2.05) is 102 Å². The number of hydrogen-bond acceptors (Lipinski definition) is 7. The summed E-state index contributed by atoms with van der Waals surface area (Å²) < 4.78 is 16.4. The summed E-state index contributed by atoms with van der Waals surface area (Å²) in [4.78, 5) is 23.8. The van der Waals surface area contributed by atoms with Crippen LogP contribution in [0.1, 0.15) is 54.7 Å². The van der Waals surface area contributed by atoms with Crippen LogP contribution in [0.4, 0.5) is 11.5 Å². The minimum absolute atomic E-state index is 0.0896. The van der Waals surface area contributed by atoms with Crippen molar-refractivity contribution in [3.8, 4) is 28.5 Å². The monoisotopic (exact) mass is 572 g/mol. The molecule has 0 fully saturated rings. The van der Waals surface area contributed by atoms with E-state index in [1.54, 1.807) is 33.3 Å². The number of carbonyl (C=O) groups excluding carboxylic acids is 1. The summed E-state index contributed by atoms with van der Waals surface area (Å²) in [6.45, 7) is 12.3. The average Bonchev–Trinajstić information content (AvgIpc) is 3.03. The van der Waals surface area contributed by atoms with Gasteiger partial charge < -0.3 is 24.4 Å². The Morgan fingerprint density at radius 2 is 1.52 bits per heavy atom. The number of ether oxygens (including phenoxy) is 3. The van der Waals surface area contributed by atoms with Gasteiger partial charge in [-0.25, -0.2) is 9.97 Å². The maximum absolute atomic E-state index is 13.3. The summed E-state index contributed by atoms with van der Waals surface area (Å²) in [5, 5.41) is 3.32. The minimum atomic E-state index is -0.0896. The van der Waals surface area contributed by atoms with E-state index in [4.69, 9.17) is 14.2 Å². The normalized spacial score (nSPS) is 9.86. The Hall–Kier alpha value is -4.59. The topological polar surface area (TPSA) is 85.8 Å². The van der Waals surface area contributed by atoms with Crippen molar-refractivity contribution in [2.45, 2.75) is 48.1 Å². The van der Waals surface area contributed by atoms with Crippen LogP contribution in [0.2, 0.25) is 0 Å². The van der Waals surface area contributed by atoms with Crippen LogP contribution in [0.15, 0.2) is 67.0 Å². The quantitative estimate of drug-likeness (QED) is 0.218. The number of methoxy groups -OCH3 is 3. The van der Waals surface area contributed by atoms with Gasteiger partial charge in [-0.2, -0.15) is 0 Å². The van der Waals surface area contributed by atoms with Crippen molar-refractivity contribution < 1.29 is 19.0 Å². The number of aromatic nitrogens is 2. The maximum Gasteiger partial charge on any atom is 0.254 e. The number of aryl methyl sites for hydroxylation is 2. The van der Waals surface area contributed by atoms with Crippen molar-refractivity contribution in [3.63, 3.8) is 0 Å². The Labute approximate surface area is 250 Å². The highest BCUT2D eigenvalue weighted by atomic mass is 16.5. The van der Waals surface area contributed by atoms with Gasteiger partial charge in [0.15, 0.2) is 11.6 Å². The molecule has 8 nitrogen and oxygen atoms in total. The fraction of sp³-hybridized carbons (Fsp3) is 0.324. The van der Waals surface area contributed by atoms with Gasteiger partial charge >= 0.3 is 0 Å². The molecule has 1 N–H and O–H groups in total. The summed E-state index contributed by atoms with van der Waals surface area (Å²) >= 11 is 0. The van der Waals surface area contributed by atoms with E-state index < -0.39 is 0 Å². The Morgan fingerprint density at radius 3 is 2.12 bits per heavy atom. The summed E-state index contributed by atoms with van der Waals surface area (Å²) in [7, 11) is 6.58. The molecule has 4 rings (SSSR count). The van der Waals surface area contributed by atoms with Gasteiger partial charge in [-0.15, -0.1) is 0 Å². The summed E-state index contributed by atoms with van der Waals surface area (Å²) in [5.74, 6) is 2.37. The molecule has 0 bridgehead atoms. The molecule has 8 heteroatoms. The van der Waals surface area contributed by atoms with E-state index in [2.05, 4.69) is 15.3 Å². The first-order valence-corrected chi connectivity index (χ1v) is 14.1. The fourth-order valence-electron chi connectivity index (χ4n) is 4.21. The van der Waals surface area contributed by atoms with Crippen LogP contribution in [0, 0.1) is 13.8 Å². The third kappa shape index (κ3) is 8.22. The third-order valence-electron chi connectivity index (χ3n) is 6.30. The Bertz CT molecular complexity index is 1440. The molecule has 0 aliphatic carbocycles. The summed E-state index contributed by atoms with van der Waals surface area (Å²) in [5.41, 5.74) is 5.92. The largest absolute Gasteiger partial charge is 0.497 e. The first-order chi connectivity index (χ1) is 20.3. The van der Waals surface area contributed by atoms with Crippen molar-refractivity contribution in [1.82, 2.24) is 14.9 Å². The van der Waals surface area contributed by atoms with Gasteiger partial charge in [0.25, 0.3) is 5.91 Å². The minimum Gasteiger partial charge on any atom is -0.497 e. The molecule has 0 saturated heterocycles. The summed E-state index contributed by atoms with van der Waals surface area (Å²) in [6.07, 6.45) is 1.51. The van der Waals surface area contributed by atoms with Gasteiger partial charge in [0, 0.05) is 42.0 Å². The smallest absolute Gasteiger partial charge is 0.254 e. The van der Waals surface area contributed by atoms with Crippen molar-refractivity contribution in [3.05, 3.63) is 89.2 Å². The number of nitrogens with zero attached hydrogens (tertiary/aromatic N) is 3. The molecule has 3 aromatic carbocycles. The second-order valence-corrected chi connectivity index (χ2v) is 8.96. The molecule has 0 atom stereocenters. The standard InChI is InChI=1S/C30H32N4O4.2C2H6/c1-19-7-9-21(10-8-19)27-28(38-6)29(32-18-31-27)33-23-12-14-25(20(2)15-23)30(35)34(3)17-22-11-13-24(36-4)16-26(22)37-5;2*1-2/h7-16,18H,17H2,1-6H3,(H,31,32,33);2*1-2H3. The van der Waals surface area contributed by atoms with E-state index >= 15 is 0 Å². The molecular weight excluding hydrogens is 528 g/mol. The van der Waals surface area contributed by atoms with E-state index in [0.29, 0.717) is 40.9 Å². The zero-order valence-electron chi connectivity index (χ0n) is 26.5. The maximum atomic E-state index is 13.3. The molecule has 0 unspecified atom stereocenters. The lowest BCUT2D eigenvalue weighted by atomic mass is 10.1. The number of benzene rings is 3. The van der Waals surface area contributed by atoms with E-state index in [-0.39, 0.29) is 5.91 Å². The molecular formula is C34H44N4O4.